The Morgan fingerprint density at radius 3 is 2.68 bits per heavy atom. The summed E-state index contributed by atoms with van der Waals surface area (Å²) in [5, 5.41) is 24.3. The number of benzene rings is 1. The van der Waals surface area contributed by atoms with Crippen LogP contribution in [0.5, 0.6) is 0 Å². The van der Waals surface area contributed by atoms with Gasteiger partial charge in [-0.3, -0.25) is 4.79 Å². The largest absolute Gasteiger partial charge is 0.377 e. The molecule has 5 rings (SSSR count). The second-order valence-electron chi connectivity index (χ2n) is 8.11. The molecule has 3 N–H and O–H groups in total. The van der Waals surface area contributed by atoms with Crippen molar-refractivity contribution in [1.29, 1.82) is 5.26 Å². The molecular weight excluding hydrogens is 435 g/mol. The predicted octanol–water partition coefficient (Wildman–Crippen LogP) is 2.79. The van der Waals surface area contributed by atoms with Crippen LogP contribution in [-0.4, -0.2) is 51.0 Å². The molecule has 1 aromatic carbocycles. The van der Waals surface area contributed by atoms with Crippen molar-refractivity contribution < 1.29 is 9.18 Å². The number of hydrogen-bond donors (Lipinski definition) is 2. The van der Waals surface area contributed by atoms with Crippen LogP contribution in [0.1, 0.15) is 22.5 Å². The molecule has 1 saturated heterocycles. The number of piperidine rings is 1. The third-order valence-electron chi connectivity index (χ3n) is 5.97. The van der Waals surface area contributed by atoms with Gasteiger partial charge in [-0.05, 0) is 30.2 Å². The van der Waals surface area contributed by atoms with E-state index in [1.54, 1.807) is 21.5 Å². The third kappa shape index (κ3) is 3.99. The minimum atomic E-state index is -1.25. The quantitative estimate of drug-likeness (QED) is 0.473. The first-order valence-electron chi connectivity index (χ1n) is 10.8. The Balaban J connectivity index is 1.42. The van der Waals surface area contributed by atoms with Gasteiger partial charge >= 0.3 is 0 Å². The molecule has 1 fully saturated rings. The SMILES string of the molecule is N#Cc1ccc(N2CC[C@@H](Nc3c(C(N)=O)cnn4cc(-c5ccccc5)cc34)[C@@H](F)C2)nn1. The van der Waals surface area contributed by atoms with Crippen LogP contribution >= 0.6 is 0 Å². The first kappa shape index (κ1) is 21.3. The Kier molecular flexibility index (Phi) is 5.51. The lowest BCUT2D eigenvalue weighted by Crippen LogP contribution is -2.48. The average Bonchev–Trinajstić information content (AvgIpc) is 3.31. The first-order valence-corrected chi connectivity index (χ1v) is 10.8. The smallest absolute Gasteiger partial charge is 0.252 e. The van der Waals surface area contributed by atoms with Gasteiger partial charge in [0, 0.05) is 18.3 Å². The van der Waals surface area contributed by atoms with Gasteiger partial charge in [-0.1, -0.05) is 30.3 Å². The molecule has 0 spiro atoms. The van der Waals surface area contributed by atoms with Gasteiger partial charge in [0.15, 0.2) is 11.5 Å². The highest BCUT2D eigenvalue weighted by Crippen LogP contribution is 2.31. The van der Waals surface area contributed by atoms with Crippen LogP contribution in [0.15, 0.2) is 60.9 Å². The number of nitrogens with one attached hydrogen (secondary N) is 1. The van der Waals surface area contributed by atoms with Gasteiger partial charge in [0.1, 0.15) is 12.2 Å². The highest BCUT2D eigenvalue weighted by molar-refractivity contribution is 6.02. The van der Waals surface area contributed by atoms with Gasteiger partial charge in [-0.25, -0.2) is 8.91 Å². The number of aromatic nitrogens is 4. The summed E-state index contributed by atoms with van der Waals surface area (Å²) in [5.41, 5.74) is 9.05. The van der Waals surface area contributed by atoms with E-state index in [-0.39, 0.29) is 17.8 Å². The number of nitrogens with two attached hydrogens (primary N) is 1. The van der Waals surface area contributed by atoms with Crippen LogP contribution in [0.2, 0.25) is 0 Å². The van der Waals surface area contributed by atoms with Crippen molar-refractivity contribution in [3.05, 3.63) is 72.2 Å². The molecule has 4 heterocycles. The molecule has 1 aliphatic rings. The molecule has 0 unspecified atom stereocenters. The first-order chi connectivity index (χ1) is 16.5. The van der Waals surface area contributed by atoms with Crippen LogP contribution in [0.3, 0.4) is 0 Å². The maximum Gasteiger partial charge on any atom is 0.252 e. The Hall–Kier alpha value is -4.52. The third-order valence-corrected chi connectivity index (χ3v) is 5.97. The zero-order chi connectivity index (χ0) is 23.7. The maximum absolute atomic E-state index is 15.3. The number of carbonyl (C=O) groups is 1. The highest BCUT2D eigenvalue weighted by atomic mass is 19.1. The Labute approximate surface area is 194 Å². The van der Waals surface area contributed by atoms with Crippen LogP contribution in [-0.2, 0) is 0 Å². The van der Waals surface area contributed by atoms with Crippen molar-refractivity contribution in [2.75, 3.05) is 23.3 Å². The molecule has 10 heteroatoms. The number of halogens is 1. The summed E-state index contributed by atoms with van der Waals surface area (Å²) in [6.07, 6.45) is 2.48. The van der Waals surface area contributed by atoms with Crippen molar-refractivity contribution in [2.45, 2.75) is 18.6 Å². The van der Waals surface area contributed by atoms with Gasteiger partial charge in [-0.2, -0.15) is 10.4 Å². The second kappa shape index (κ2) is 8.78. The van der Waals surface area contributed by atoms with Crippen LogP contribution in [0, 0.1) is 11.3 Å². The summed E-state index contributed by atoms with van der Waals surface area (Å²) < 4.78 is 16.9. The lowest BCUT2D eigenvalue weighted by atomic mass is 10.0. The molecule has 0 bridgehead atoms. The molecule has 34 heavy (non-hydrogen) atoms. The fourth-order valence-corrected chi connectivity index (χ4v) is 4.20. The number of primary amides is 1. The highest BCUT2D eigenvalue weighted by Gasteiger charge is 2.31. The monoisotopic (exact) mass is 456 g/mol. The summed E-state index contributed by atoms with van der Waals surface area (Å²) in [4.78, 5) is 13.9. The fraction of sp³-hybridized carbons (Fsp3) is 0.208. The number of alkyl halides is 1. The van der Waals surface area contributed by atoms with Crippen molar-refractivity contribution >= 4 is 22.9 Å². The standard InChI is InChI=1S/C24H21FN8O/c25-19-14-32(22-7-6-17(11-26)30-31-22)9-8-20(19)29-23-18(24(27)34)12-28-33-13-16(10-21(23)33)15-4-2-1-3-5-15/h1-7,10,12-13,19-20,29H,8-9,14H2,(H2,27,34)/t19-,20+/m0/s1. The second-order valence-corrected chi connectivity index (χ2v) is 8.11. The number of nitriles is 1. The topological polar surface area (TPSA) is 125 Å². The van der Waals surface area contributed by atoms with Crippen molar-refractivity contribution in [3.63, 3.8) is 0 Å². The molecule has 1 aliphatic heterocycles. The molecular formula is C24H21FN8O. The molecule has 0 saturated carbocycles. The molecule has 2 atom stereocenters. The van der Waals surface area contributed by atoms with Gasteiger partial charge in [0.05, 0.1) is 35.6 Å². The summed E-state index contributed by atoms with van der Waals surface area (Å²) in [7, 11) is 0. The summed E-state index contributed by atoms with van der Waals surface area (Å²) in [6.45, 7) is 0.629. The molecule has 0 aliphatic carbocycles. The van der Waals surface area contributed by atoms with Gasteiger partial charge in [0.25, 0.3) is 5.91 Å². The lowest BCUT2D eigenvalue weighted by Gasteiger charge is -2.36. The average molecular weight is 456 g/mol. The Morgan fingerprint density at radius 2 is 2.00 bits per heavy atom. The molecule has 170 valence electrons. The van der Waals surface area contributed by atoms with E-state index in [9.17, 15) is 4.79 Å². The minimum absolute atomic E-state index is 0.0990. The van der Waals surface area contributed by atoms with Crippen LogP contribution in [0.4, 0.5) is 15.9 Å². The Bertz CT molecular complexity index is 1380. The van der Waals surface area contributed by atoms with E-state index in [2.05, 4.69) is 20.6 Å². The summed E-state index contributed by atoms with van der Waals surface area (Å²) >= 11 is 0. The van der Waals surface area contributed by atoms with Crippen molar-refractivity contribution in [2.24, 2.45) is 5.73 Å². The number of fused-ring (bicyclic) bond motifs is 1. The van der Waals surface area contributed by atoms with Crippen molar-refractivity contribution in [1.82, 2.24) is 19.8 Å². The minimum Gasteiger partial charge on any atom is -0.377 e. The van der Waals surface area contributed by atoms with Crippen molar-refractivity contribution in [3.8, 4) is 17.2 Å². The van der Waals surface area contributed by atoms with Crippen LogP contribution in [0.25, 0.3) is 16.6 Å². The molecule has 1 amide bonds. The van der Waals surface area contributed by atoms with E-state index < -0.39 is 18.1 Å². The molecule has 3 aromatic heterocycles. The number of rotatable bonds is 5. The van der Waals surface area contributed by atoms with E-state index >= 15 is 4.39 Å². The van der Waals surface area contributed by atoms with Crippen LogP contribution < -0.4 is 16.0 Å². The van der Waals surface area contributed by atoms with E-state index in [1.165, 1.54) is 6.20 Å². The summed E-state index contributed by atoms with van der Waals surface area (Å²) in [5.74, 6) is -0.121. The zero-order valence-electron chi connectivity index (χ0n) is 18.1. The number of amides is 1. The Morgan fingerprint density at radius 1 is 1.18 bits per heavy atom. The van der Waals surface area contributed by atoms with Gasteiger partial charge in [0.2, 0.25) is 0 Å². The summed E-state index contributed by atoms with van der Waals surface area (Å²) in [6, 6.07) is 16.3. The normalized spacial score (nSPS) is 17.9. The maximum atomic E-state index is 15.3. The van der Waals surface area contributed by atoms with E-state index in [1.807, 2.05) is 48.7 Å². The number of hydrogen-bond acceptors (Lipinski definition) is 7. The fourth-order valence-electron chi connectivity index (χ4n) is 4.20. The van der Waals surface area contributed by atoms with Gasteiger partial charge in [-0.15, -0.1) is 10.2 Å². The predicted molar refractivity (Wildman–Crippen MR) is 125 cm³/mol. The number of carbonyl (C=O) groups excluding carboxylic acids is 1. The lowest BCUT2D eigenvalue weighted by molar-refractivity contribution is 0.100. The molecule has 4 aromatic rings. The van der Waals surface area contributed by atoms with E-state index in [0.29, 0.717) is 30.0 Å². The van der Waals surface area contributed by atoms with Gasteiger partial charge < -0.3 is 16.0 Å². The number of anilines is 2. The zero-order valence-corrected chi connectivity index (χ0v) is 18.1. The number of nitrogens with zero attached hydrogens (tertiary/aromatic N) is 6. The molecule has 0 radical (unpaired) electrons. The van der Waals surface area contributed by atoms with E-state index in [0.717, 1.165) is 11.1 Å². The molecule has 9 nitrogen and oxygen atoms in total. The van der Waals surface area contributed by atoms with E-state index in [4.69, 9.17) is 11.0 Å².